The van der Waals surface area contributed by atoms with Gasteiger partial charge in [0.1, 0.15) is 6.04 Å². The van der Waals surface area contributed by atoms with Crippen molar-refractivity contribution >= 4 is 23.6 Å². The number of rotatable bonds is 5. The number of benzene rings is 2. The van der Waals surface area contributed by atoms with Gasteiger partial charge in [-0.15, -0.1) is 0 Å². The lowest BCUT2D eigenvalue weighted by atomic mass is 9.89. The van der Waals surface area contributed by atoms with Crippen molar-refractivity contribution in [1.82, 2.24) is 15.5 Å². The van der Waals surface area contributed by atoms with Crippen LogP contribution in [0.5, 0.6) is 0 Å². The van der Waals surface area contributed by atoms with Crippen LogP contribution in [-0.2, 0) is 37.8 Å². The number of fused-ring (bicyclic) bond motifs is 1. The summed E-state index contributed by atoms with van der Waals surface area (Å²) in [6, 6.07) is 14.4. The third-order valence-electron chi connectivity index (χ3n) is 6.67. The zero-order valence-electron chi connectivity index (χ0n) is 18.1. The first kappa shape index (κ1) is 21.3. The Kier molecular flexibility index (Phi) is 5.46. The van der Waals surface area contributed by atoms with Crippen LogP contribution in [0.15, 0.2) is 48.5 Å². The van der Waals surface area contributed by atoms with E-state index >= 15 is 0 Å². The third-order valence-corrected chi connectivity index (χ3v) is 6.67. The van der Waals surface area contributed by atoms with Crippen LogP contribution in [0.1, 0.15) is 52.7 Å². The van der Waals surface area contributed by atoms with Crippen LogP contribution in [0.3, 0.4) is 0 Å². The van der Waals surface area contributed by atoms with Crippen LogP contribution >= 0.6 is 0 Å². The second-order valence-corrected chi connectivity index (χ2v) is 8.72. The van der Waals surface area contributed by atoms with Gasteiger partial charge in [-0.2, -0.15) is 0 Å². The van der Waals surface area contributed by atoms with Gasteiger partial charge in [0.05, 0.1) is 0 Å². The highest BCUT2D eigenvalue weighted by Crippen LogP contribution is 2.36. The molecule has 8 heteroatoms. The van der Waals surface area contributed by atoms with E-state index in [-0.39, 0.29) is 30.7 Å². The highest BCUT2D eigenvalue weighted by atomic mass is 16.5. The zero-order chi connectivity index (χ0) is 23.0. The molecule has 3 aliphatic heterocycles. The molecule has 33 heavy (non-hydrogen) atoms. The molecule has 2 aromatic carbocycles. The predicted molar refractivity (Wildman–Crippen MR) is 118 cm³/mol. The molecule has 2 saturated heterocycles. The highest BCUT2D eigenvalue weighted by Gasteiger charge is 2.44. The lowest BCUT2D eigenvalue weighted by molar-refractivity contribution is -0.143. The molecular weight excluding hydrogens is 422 g/mol. The monoisotopic (exact) mass is 447 g/mol. The minimum atomic E-state index is -0.990. The molecule has 0 radical (unpaired) electrons. The molecule has 2 aromatic rings. The van der Waals surface area contributed by atoms with Crippen LogP contribution < -0.4 is 10.6 Å². The number of ether oxygens (including phenoxy) is 1. The molecule has 0 bridgehead atoms. The van der Waals surface area contributed by atoms with E-state index in [0.29, 0.717) is 31.6 Å². The number of hydrogen-bond donors (Lipinski definition) is 2. The molecule has 8 nitrogen and oxygen atoms in total. The quantitative estimate of drug-likeness (QED) is 0.680. The van der Waals surface area contributed by atoms with Crippen LogP contribution in [0.4, 0.5) is 0 Å². The van der Waals surface area contributed by atoms with Gasteiger partial charge in [-0.05, 0) is 42.0 Å². The average Bonchev–Trinajstić information content (AvgIpc) is 3.44. The van der Waals surface area contributed by atoms with Crippen molar-refractivity contribution in [2.75, 3.05) is 6.61 Å². The molecule has 2 fully saturated rings. The third kappa shape index (κ3) is 3.80. The number of hydrogen-bond acceptors (Lipinski definition) is 5. The summed E-state index contributed by atoms with van der Waals surface area (Å²) in [5, 5.41) is 5.29. The fraction of sp³-hybridized carbons (Fsp3) is 0.360. The Labute approximate surface area is 191 Å². The van der Waals surface area contributed by atoms with Crippen LogP contribution in [0.25, 0.3) is 0 Å². The van der Waals surface area contributed by atoms with Crippen molar-refractivity contribution in [1.29, 1.82) is 0 Å². The fourth-order valence-electron chi connectivity index (χ4n) is 4.92. The lowest BCUT2D eigenvalue weighted by Gasteiger charge is -2.29. The standard InChI is InChI=1S/C25H25N3O5/c29-21-10-9-20(22(30)27-21)28-15-17-8-7-16(13-19(17)23(28)31)14-26-24(32)25(11-4-12-33-25)18-5-2-1-3-6-18/h1-3,5-8,13,20H,4,9-12,14-15H2,(H,26,32)(H,27,29,30). The topological polar surface area (TPSA) is 105 Å². The van der Waals surface area contributed by atoms with E-state index in [1.54, 1.807) is 6.07 Å². The van der Waals surface area contributed by atoms with Gasteiger partial charge >= 0.3 is 0 Å². The minimum Gasteiger partial charge on any atom is -0.360 e. The van der Waals surface area contributed by atoms with Gasteiger partial charge in [-0.3, -0.25) is 24.5 Å². The largest absolute Gasteiger partial charge is 0.360 e. The molecule has 0 aromatic heterocycles. The van der Waals surface area contributed by atoms with E-state index in [9.17, 15) is 19.2 Å². The van der Waals surface area contributed by atoms with E-state index in [0.717, 1.165) is 23.1 Å². The first-order valence-electron chi connectivity index (χ1n) is 11.2. The van der Waals surface area contributed by atoms with E-state index in [1.165, 1.54) is 4.90 Å². The van der Waals surface area contributed by atoms with Crippen molar-refractivity contribution in [3.8, 4) is 0 Å². The average molecular weight is 447 g/mol. The summed E-state index contributed by atoms with van der Waals surface area (Å²) in [6.45, 7) is 1.12. The summed E-state index contributed by atoms with van der Waals surface area (Å²) in [7, 11) is 0. The Morgan fingerprint density at radius 3 is 2.70 bits per heavy atom. The number of nitrogens with one attached hydrogen (secondary N) is 2. The van der Waals surface area contributed by atoms with Gasteiger partial charge in [0, 0.05) is 31.7 Å². The van der Waals surface area contributed by atoms with Gasteiger partial charge < -0.3 is 15.0 Å². The summed E-state index contributed by atoms with van der Waals surface area (Å²) >= 11 is 0. The van der Waals surface area contributed by atoms with E-state index in [4.69, 9.17) is 4.74 Å². The Balaban J connectivity index is 1.29. The molecule has 0 saturated carbocycles. The molecule has 0 aliphatic carbocycles. The number of imide groups is 1. The maximum atomic E-state index is 13.2. The first-order valence-corrected chi connectivity index (χ1v) is 11.2. The first-order chi connectivity index (χ1) is 16.0. The number of carbonyl (C=O) groups excluding carboxylic acids is 4. The van der Waals surface area contributed by atoms with E-state index in [1.807, 2.05) is 42.5 Å². The summed E-state index contributed by atoms with van der Waals surface area (Å²) in [4.78, 5) is 51.4. The van der Waals surface area contributed by atoms with E-state index < -0.39 is 17.6 Å². The molecule has 4 amide bonds. The normalized spacial score (nSPS) is 24.5. The minimum absolute atomic E-state index is 0.191. The number of piperidine rings is 1. The Bertz CT molecular complexity index is 1120. The van der Waals surface area contributed by atoms with Gasteiger partial charge in [-0.1, -0.05) is 42.5 Å². The smallest absolute Gasteiger partial charge is 0.257 e. The maximum absolute atomic E-state index is 13.2. The second kappa shape index (κ2) is 8.44. The van der Waals surface area contributed by atoms with Crippen molar-refractivity contribution in [2.45, 2.75) is 50.4 Å². The summed E-state index contributed by atoms with van der Waals surface area (Å²) in [5.74, 6) is -1.16. The van der Waals surface area contributed by atoms with Gasteiger partial charge in [0.15, 0.2) is 5.60 Å². The van der Waals surface area contributed by atoms with Crippen molar-refractivity contribution in [2.24, 2.45) is 0 Å². The molecule has 3 aliphatic rings. The SMILES string of the molecule is O=C1CCC(N2Cc3ccc(CNC(=O)C4(c5ccccc5)CCCO4)cc3C2=O)C(=O)N1. The van der Waals surface area contributed by atoms with Crippen molar-refractivity contribution in [3.63, 3.8) is 0 Å². The van der Waals surface area contributed by atoms with Crippen molar-refractivity contribution < 1.29 is 23.9 Å². The fourth-order valence-corrected chi connectivity index (χ4v) is 4.92. The maximum Gasteiger partial charge on any atom is 0.257 e. The molecule has 5 rings (SSSR count). The molecule has 2 unspecified atom stereocenters. The number of amides is 4. The van der Waals surface area contributed by atoms with Crippen LogP contribution in [0, 0.1) is 0 Å². The molecule has 2 atom stereocenters. The lowest BCUT2D eigenvalue weighted by Crippen LogP contribution is -2.52. The number of nitrogens with zero attached hydrogens (tertiary/aromatic N) is 1. The molecule has 0 spiro atoms. The summed E-state index contributed by atoms with van der Waals surface area (Å²) < 4.78 is 5.93. The van der Waals surface area contributed by atoms with Gasteiger partial charge in [-0.25, -0.2) is 0 Å². The Morgan fingerprint density at radius 2 is 1.97 bits per heavy atom. The highest BCUT2D eigenvalue weighted by molar-refractivity contribution is 6.05. The number of carbonyl (C=O) groups is 4. The summed E-state index contributed by atoms with van der Waals surface area (Å²) in [6.07, 6.45) is 1.98. The molecule has 3 heterocycles. The second-order valence-electron chi connectivity index (χ2n) is 8.72. The zero-order valence-corrected chi connectivity index (χ0v) is 18.1. The molecule has 2 N–H and O–H groups in total. The molecule has 170 valence electrons. The Hall–Kier alpha value is -3.52. The van der Waals surface area contributed by atoms with E-state index in [2.05, 4.69) is 10.6 Å². The predicted octanol–water partition coefficient (Wildman–Crippen LogP) is 1.77. The van der Waals surface area contributed by atoms with Crippen molar-refractivity contribution in [3.05, 3.63) is 70.8 Å². The molecular formula is C25H25N3O5. The van der Waals surface area contributed by atoms with Crippen LogP contribution in [0.2, 0.25) is 0 Å². The Morgan fingerprint density at radius 1 is 1.15 bits per heavy atom. The van der Waals surface area contributed by atoms with Gasteiger partial charge in [0.25, 0.3) is 11.8 Å². The summed E-state index contributed by atoms with van der Waals surface area (Å²) in [5.41, 5.74) is 2.00. The van der Waals surface area contributed by atoms with Gasteiger partial charge in [0.2, 0.25) is 11.8 Å². The van der Waals surface area contributed by atoms with Crippen LogP contribution in [-0.4, -0.2) is 41.2 Å².